The number of nitrogens with two attached hydrogens (primary N) is 1. The molecule has 0 bridgehead atoms. The van der Waals surface area contributed by atoms with E-state index < -0.39 is 0 Å². The molecule has 0 amide bonds. The van der Waals surface area contributed by atoms with Gasteiger partial charge in [-0.2, -0.15) is 0 Å². The zero-order valence-corrected chi connectivity index (χ0v) is 9.08. The third kappa shape index (κ3) is 2.03. The van der Waals surface area contributed by atoms with E-state index in [1.54, 1.807) is 6.20 Å². The maximum atomic E-state index is 5.93. The number of oxazole rings is 1. The molecule has 0 atom stereocenters. The van der Waals surface area contributed by atoms with Crippen molar-refractivity contribution in [1.29, 1.82) is 0 Å². The van der Waals surface area contributed by atoms with Gasteiger partial charge in [-0.1, -0.05) is 11.6 Å². The predicted molar refractivity (Wildman–Crippen MR) is 59.6 cm³/mol. The van der Waals surface area contributed by atoms with Crippen LogP contribution in [0.3, 0.4) is 0 Å². The average Bonchev–Trinajstić information content (AvgIpc) is 2.70. The topological polar surface area (TPSA) is 52.0 Å². The minimum Gasteiger partial charge on any atom is -0.439 e. The van der Waals surface area contributed by atoms with Gasteiger partial charge in [0, 0.05) is 10.6 Å². The van der Waals surface area contributed by atoms with Gasteiger partial charge in [0.15, 0.2) is 5.76 Å². The summed E-state index contributed by atoms with van der Waals surface area (Å²) in [4.78, 5) is 4.04. The Bertz CT molecular complexity index is 479. The zero-order valence-electron chi connectivity index (χ0n) is 8.33. The number of aromatic nitrogens is 1. The first-order valence-corrected chi connectivity index (χ1v) is 5.00. The predicted octanol–water partition coefficient (Wildman–Crippen LogP) is 2.76. The first-order valence-electron chi connectivity index (χ1n) is 4.62. The summed E-state index contributed by atoms with van der Waals surface area (Å²) in [5, 5.41) is 0.748. The number of halogens is 1. The fourth-order valence-electron chi connectivity index (χ4n) is 1.34. The fourth-order valence-corrected chi connectivity index (χ4v) is 1.45. The van der Waals surface area contributed by atoms with E-state index in [4.69, 9.17) is 21.8 Å². The number of nitrogens with zero attached hydrogens (tertiary/aromatic N) is 1. The highest BCUT2D eigenvalue weighted by Gasteiger charge is 2.06. The van der Waals surface area contributed by atoms with Gasteiger partial charge in [-0.05, 0) is 30.7 Å². The smallest absolute Gasteiger partial charge is 0.208 e. The lowest BCUT2D eigenvalue weighted by Crippen LogP contribution is -1.94. The molecule has 1 aromatic heterocycles. The largest absolute Gasteiger partial charge is 0.439 e. The highest BCUT2D eigenvalue weighted by Crippen LogP contribution is 2.25. The van der Waals surface area contributed by atoms with E-state index in [1.807, 2.05) is 25.1 Å². The van der Waals surface area contributed by atoms with Crippen molar-refractivity contribution in [1.82, 2.24) is 4.98 Å². The second kappa shape index (κ2) is 4.04. The number of benzene rings is 1. The second-order valence-electron chi connectivity index (χ2n) is 3.29. The van der Waals surface area contributed by atoms with Crippen molar-refractivity contribution in [3.05, 3.63) is 40.9 Å². The van der Waals surface area contributed by atoms with Gasteiger partial charge in [-0.25, -0.2) is 4.98 Å². The minimum atomic E-state index is 0.312. The number of hydrogen-bond donors (Lipinski definition) is 1. The van der Waals surface area contributed by atoms with E-state index >= 15 is 0 Å². The van der Waals surface area contributed by atoms with Crippen LogP contribution in [-0.4, -0.2) is 4.98 Å². The third-order valence-electron chi connectivity index (χ3n) is 2.17. The van der Waals surface area contributed by atoms with Crippen molar-refractivity contribution < 1.29 is 4.42 Å². The van der Waals surface area contributed by atoms with Crippen molar-refractivity contribution in [2.45, 2.75) is 13.5 Å². The van der Waals surface area contributed by atoms with E-state index in [0.717, 1.165) is 21.9 Å². The molecule has 0 fully saturated rings. The Hall–Kier alpha value is -1.32. The summed E-state index contributed by atoms with van der Waals surface area (Å²) < 4.78 is 5.43. The molecular formula is C11H11ClN2O. The lowest BCUT2D eigenvalue weighted by atomic mass is 10.1. The van der Waals surface area contributed by atoms with E-state index in [2.05, 4.69) is 4.98 Å². The second-order valence-corrected chi connectivity index (χ2v) is 3.69. The Balaban J connectivity index is 2.40. The van der Waals surface area contributed by atoms with E-state index in [0.29, 0.717) is 12.4 Å². The van der Waals surface area contributed by atoms with Crippen molar-refractivity contribution in [2.24, 2.45) is 5.73 Å². The van der Waals surface area contributed by atoms with Crippen molar-refractivity contribution in [3.63, 3.8) is 0 Å². The minimum absolute atomic E-state index is 0.312. The molecule has 1 heterocycles. The van der Waals surface area contributed by atoms with Gasteiger partial charge in [0.25, 0.3) is 0 Å². The van der Waals surface area contributed by atoms with E-state index in [9.17, 15) is 0 Å². The lowest BCUT2D eigenvalue weighted by molar-refractivity contribution is 0.509. The van der Waals surface area contributed by atoms with Crippen LogP contribution in [0.2, 0.25) is 5.02 Å². The first-order chi connectivity index (χ1) is 7.20. The molecule has 1 aromatic carbocycles. The molecule has 0 spiro atoms. The van der Waals surface area contributed by atoms with Crippen LogP contribution in [0.5, 0.6) is 0 Å². The Morgan fingerprint density at radius 1 is 1.47 bits per heavy atom. The summed E-state index contributed by atoms with van der Waals surface area (Å²) in [6.07, 6.45) is 1.67. The number of rotatable bonds is 2. The van der Waals surface area contributed by atoms with E-state index in [-0.39, 0.29) is 0 Å². The Morgan fingerprint density at radius 2 is 2.27 bits per heavy atom. The molecule has 0 saturated carbocycles. The summed E-state index contributed by atoms with van der Waals surface area (Å²) in [7, 11) is 0. The number of hydrogen-bond acceptors (Lipinski definition) is 3. The summed E-state index contributed by atoms with van der Waals surface area (Å²) in [5.41, 5.74) is 7.39. The average molecular weight is 223 g/mol. The van der Waals surface area contributed by atoms with Gasteiger partial charge in [0.05, 0.1) is 12.7 Å². The molecule has 0 aliphatic rings. The van der Waals surface area contributed by atoms with Gasteiger partial charge >= 0.3 is 0 Å². The maximum absolute atomic E-state index is 5.93. The standard InChI is InChI=1S/C11H11ClN2O/c1-7-4-8(2-3-9(7)12)10-6-14-11(5-13)15-10/h2-4,6H,5,13H2,1H3. The van der Waals surface area contributed by atoms with Crippen LogP contribution in [0.4, 0.5) is 0 Å². The van der Waals surface area contributed by atoms with Crippen molar-refractivity contribution in [2.75, 3.05) is 0 Å². The van der Waals surface area contributed by atoms with E-state index in [1.165, 1.54) is 0 Å². The highest BCUT2D eigenvalue weighted by atomic mass is 35.5. The highest BCUT2D eigenvalue weighted by molar-refractivity contribution is 6.31. The maximum Gasteiger partial charge on any atom is 0.208 e. The SMILES string of the molecule is Cc1cc(-c2cnc(CN)o2)ccc1Cl. The third-order valence-corrected chi connectivity index (χ3v) is 2.59. The summed E-state index contributed by atoms with van der Waals surface area (Å²) in [6, 6.07) is 5.70. The summed E-state index contributed by atoms with van der Waals surface area (Å²) >= 11 is 5.93. The van der Waals surface area contributed by atoms with Gasteiger partial charge in [0.1, 0.15) is 0 Å². The monoisotopic (exact) mass is 222 g/mol. The molecule has 78 valence electrons. The first kappa shape index (κ1) is 10.2. The van der Waals surface area contributed by atoms with Gasteiger partial charge in [-0.15, -0.1) is 0 Å². The molecule has 2 aromatic rings. The Labute approximate surface area is 92.9 Å². The molecular weight excluding hydrogens is 212 g/mol. The van der Waals surface area contributed by atoms with Crippen LogP contribution >= 0.6 is 11.6 Å². The molecule has 0 aliphatic carbocycles. The van der Waals surface area contributed by atoms with Crippen molar-refractivity contribution in [3.8, 4) is 11.3 Å². The van der Waals surface area contributed by atoms with Crippen LogP contribution in [0.15, 0.2) is 28.8 Å². The molecule has 2 N–H and O–H groups in total. The van der Waals surface area contributed by atoms with Crippen LogP contribution in [-0.2, 0) is 6.54 Å². The lowest BCUT2D eigenvalue weighted by Gasteiger charge is -2.00. The van der Waals surface area contributed by atoms with Crippen LogP contribution in [0.1, 0.15) is 11.5 Å². The van der Waals surface area contributed by atoms with Crippen molar-refractivity contribution >= 4 is 11.6 Å². The quantitative estimate of drug-likeness (QED) is 0.850. The molecule has 0 saturated heterocycles. The molecule has 0 unspecified atom stereocenters. The molecule has 2 rings (SSSR count). The molecule has 15 heavy (non-hydrogen) atoms. The number of aryl methyl sites for hydroxylation is 1. The molecule has 4 heteroatoms. The molecule has 0 radical (unpaired) electrons. The summed E-state index contributed by atoms with van der Waals surface area (Å²) in [6.45, 7) is 2.26. The fraction of sp³-hybridized carbons (Fsp3) is 0.182. The Morgan fingerprint density at radius 3 is 2.87 bits per heavy atom. The molecule has 0 aliphatic heterocycles. The van der Waals surface area contributed by atoms with Gasteiger partial charge < -0.3 is 10.2 Å². The van der Waals surface area contributed by atoms with Crippen LogP contribution in [0, 0.1) is 6.92 Å². The Kier molecular flexibility index (Phi) is 2.75. The zero-order chi connectivity index (χ0) is 10.8. The molecule has 3 nitrogen and oxygen atoms in total. The van der Waals surface area contributed by atoms with Crippen LogP contribution < -0.4 is 5.73 Å². The normalized spacial score (nSPS) is 10.6. The summed E-state index contributed by atoms with van der Waals surface area (Å²) in [5.74, 6) is 1.26. The van der Waals surface area contributed by atoms with Gasteiger partial charge in [0.2, 0.25) is 5.89 Å². The van der Waals surface area contributed by atoms with Crippen LogP contribution in [0.25, 0.3) is 11.3 Å². The van der Waals surface area contributed by atoms with Gasteiger partial charge in [-0.3, -0.25) is 0 Å².